The van der Waals surface area contributed by atoms with Crippen LogP contribution in [0.5, 0.6) is 0 Å². The lowest BCUT2D eigenvalue weighted by molar-refractivity contribution is -0.123. The Morgan fingerprint density at radius 2 is 2.47 bits per heavy atom. The number of hydrogen-bond acceptors (Lipinski definition) is 3. The minimum atomic E-state index is -0.166. The fraction of sp³-hybridized carbons (Fsp3) is 0.778. The normalized spacial score (nSPS) is 26.3. The highest BCUT2D eigenvalue weighted by Gasteiger charge is 2.24. The van der Waals surface area contributed by atoms with Crippen molar-refractivity contribution in [2.45, 2.75) is 12.5 Å². The van der Waals surface area contributed by atoms with E-state index in [1.54, 1.807) is 0 Å². The third-order valence-electron chi connectivity index (χ3n) is 2.58. The Hall–Kier alpha value is -1.30. The summed E-state index contributed by atoms with van der Waals surface area (Å²) in [5, 5.41) is 5.53. The number of hydrogen-bond donors (Lipinski definition) is 2. The lowest BCUT2D eigenvalue weighted by Gasteiger charge is -2.27. The van der Waals surface area contributed by atoms with Crippen molar-refractivity contribution in [3.8, 4) is 0 Å². The molecule has 0 aromatic heterocycles. The molecule has 2 heterocycles. The smallest absolute Gasteiger partial charge is 0.318 e. The van der Waals surface area contributed by atoms with Crippen molar-refractivity contribution in [3.63, 3.8) is 0 Å². The van der Waals surface area contributed by atoms with Gasteiger partial charge in [0.15, 0.2) is 0 Å². The first kappa shape index (κ1) is 10.2. The molecule has 0 radical (unpaired) electrons. The second-order valence-corrected chi connectivity index (χ2v) is 3.78. The van der Waals surface area contributed by atoms with E-state index in [1.807, 2.05) is 0 Å². The van der Waals surface area contributed by atoms with Crippen LogP contribution >= 0.6 is 0 Å². The largest absolute Gasteiger partial charge is 0.379 e. The second-order valence-electron chi connectivity index (χ2n) is 3.78. The molecule has 2 fully saturated rings. The number of carbonyl (C=O) groups excluding carboxylic acids is 2. The molecule has 2 saturated heterocycles. The molecule has 0 aromatic carbocycles. The van der Waals surface area contributed by atoms with Gasteiger partial charge >= 0.3 is 6.03 Å². The van der Waals surface area contributed by atoms with Gasteiger partial charge in [-0.05, 0) is 6.42 Å². The van der Waals surface area contributed by atoms with Gasteiger partial charge in [0.2, 0.25) is 5.91 Å². The first-order valence-electron chi connectivity index (χ1n) is 5.15. The predicted molar refractivity (Wildman–Crippen MR) is 52.3 cm³/mol. The van der Waals surface area contributed by atoms with E-state index in [2.05, 4.69) is 10.6 Å². The maximum absolute atomic E-state index is 11.7. The van der Waals surface area contributed by atoms with Gasteiger partial charge in [-0.15, -0.1) is 0 Å². The maximum Gasteiger partial charge on any atom is 0.318 e. The number of carbonyl (C=O) groups is 2. The molecule has 0 bridgehead atoms. The molecule has 15 heavy (non-hydrogen) atoms. The first-order chi connectivity index (χ1) is 7.25. The third-order valence-corrected chi connectivity index (χ3v) is 2.58. The van der Waals surface area contributed by atoms with Crippen molar-refractivity contribution in [1.29, 1.82) is 0 Å². The van der Waals surface area contributed by atoms with Crippen molar-refractivity contribution in [2.75, 3.05) is 32.8 Å². The Morgan fingerprint density at radius 3 is 3.13 bits per heavy atom. The van der Waals surface area contributed by atoms with Crippen molar-refractivity contribution < 1.29 is 14.3 Å². The molecular weight excluding hydrogens is 198 g/mol. The summed E-state index contributed by atoms with van der Waals surface area (Å²) >= 11 is 0. The Bertz CT molecular complexity index is 263. The minimum absolute atomic E-state index is 0.0981. The van der Waals surface area contributed by atoms with Crippen LogP contribution in [0.3, 0.4) is 0 Å². The number of nitrogens with zero attached hydrogens (tertiary/aromatic N) is 1. The van der Waals surface area contributed by atoms with Crippen molar-refractivity contribution >= 4 is 11.9 Å². The summed E-state index contributed by atoms with van der Waals surface area (Å²) in [4.78, 5) is 24.3. The van der Waals surface area contributed by atoms with Gasteiger partial charge < -0.3 is 20.3 Å². The van der Waals surface area contributed by atoms with Crippen LogP contribution in [-0.2, 0) is 9.53 Å². The molecule has 2 aliphatic heterocycles. The standard InChI is InChI=1S/C9H15N3O3/c13-8-5-12(3-2-10-8)9(14)11-7-1-4-15-6-7/h7H,1-6H2,(H,10,13)(H,11,14). The zero-order valence-corrected chi connectivity index (χ0v) is 8.49. The van der Waals surface area contributed by atoms with Crippen LogP contribution in [0, 0.1) is 0 Å². The maximum atomic E-state index is 11.7. The number of urea groups is 1. The fourth-order valence-electron chi connectivity index (χ4n) is 1.73. The number of nitrogens with one attached hydrogen (secondary N) is 2. The summed E-state index contributed by atoms with van der Waals surface area (Å²) < 4.78 is 5.15. The van der Waals surface area contributed by atoms with Crippen LogP contribution < -0.4 is 10.6 Å². The Labute approximate surface area is 87.9 Å². The second kappa shape index (κ2) is 4.48. The van der Waals surface area contributed by atoms with Crippen molar-refractivity contribution in [2.24, 2.45) is 0 Å². The monoisotopic (exact) mass is 213 g/mol. The molecule has 6 nitrogen and oxygen atoms in total. The zero-order chi connectivity index (χ0) is 10.7. The predicted octanol–water partition coefficient (Wildman–Crippen LogP) is -1.08. The lowest BCUT2D eigenvalue weighted by atomic mass is 10.2. The number of ether oxygens (including phenoxy) is 1. The molecule has 0 aromatic rings. The van der Waals surface area contributed by atoms with E-state index in [0.717, 1.165) is 6.42 Å². The van der Waals surface area contributed by atoms with Crippen LogP contribution in [-0.4, -0.2) is 55.7 Å². The minimum Gasteiger partial charge on any atom is -0.379 e. The Kier molecular flexibility index (Phi) is 3.05. The summed E-state index contributed by atoms with van der Waals surface area (Å²) in [6.07, 6.45) is 0.853. The van der Waals surface area contributed by atoms with Crippen LogP contribution in [0.1, 0.15) is 6.42 Å². The molecule has 1 atom stereocenters. The van der Waals surface area contributed by atoms with Gasteiger partial charge in [0, 0.05) is 19.7 Å². The molecule has 1 unspecified atom stereocenters. The summed E-state index contributed by atoms with van der Waals surface area (Å²) in [5.74, 6) is -0.0981. The summed E-state index contributed by atoms with van der Waals surface area (Å²) in [6.45, 7) is 2.54. The van der Waals surface area contributed by atoms with E-state index in [-0.39, 0.29) is 24.5 Å². The molecule has 6 heteroatoms. The summed E-state index contributed by atoms with van der Waals surface area (Å²) in [5.41, 5.74) is 0. The zero-order valence-electron chi connectivity index (χ0n) is 8.49. The highest BCUT2D eigenvalue weighted by atomic mass is 16.5. The van der Waals surface area contributed by atoms with Crippen LogP contribution in [0.2, 0.25) is 0 Å². The van der Waals surface area contributed by atoms with Gasteiger partial charge in [-0.25, -0.2) is 4.79 Å². The van der Waals surface area contributed by atoms with Crippen LogP contribution in [0.15, 0.2) is 0 Å². The topological polar surface area (TPSA) is 70.7 Å². The van der Waals surface area contributed by atoms with Crippen molar-refractivity contribution in [3.05, 3.63) is 0 Å². The van der Waals surface area contributed by atoms with Crippen molar-refractivity contribution in [1.82, 2.24) is 15.5 Å². The quantitative estimate of drug-likeness (QED) is 0.582. The molecule has 0 aliphatic carbocycles. The van der Waals surface area contributed by atoms with Crippen LogP contribution in [0.25, 0.3) is 0 Å². The number of rotatable bonds is 1. The molecule has 2 N–H and O–H groups in total. The highest BCUT2D eigenvalue weighted by molar-refractivity contribution is 5.85. The SMILES string of the molecule is O=C1CN(C(=O)NC2CCOC2)CCN1. The van der Waals surface area contributed by atoms with Gasteiger partial charge in [0.05, 0.1) is 12.6 Å². The first-order valence-corrected chi connectivity index (χ1v) is 5.15. The molecular formula is C9H15N3O3. The third kappa shape index (κ3) is 2.59. The molecule has 0 saturated carbocycles. The summed E-state index contributed by atoms with van der Waals surface area (Å²) in [7, 11) is 0. The molecule has 2 rings (SSSR count). The average molecular weight is 213 g/mol. The van der Waals surface area contributed by atoms with Gasteiger partial charge in [0.25, 0.3) is 0 Å². The fourth-order valence-corrected chi connectivity index (χ4v) is 1.73. The van der Waals surface area contributed by atoms with Gasteiger partial charge in [-0.2, -0.15) is 0 Å². The lowest BCUT2D eigenvalue weighted by Crippen LogP contribution is -2.54. The van der Waals surface area contributed by atoms with E-state index in [9.17, 15) is 9.59 Å². The number of piperazine rings is 1. The molecule has 2 aliphatic rings. The van der Waals surface area contributed by atoms with E-state index in [4.69, 9.17) is 4.74 Å². The van der Waals surface area contributed by atoms with Gasteiger partial charge in [-0.1, -0.05) is 0 Å². The van der Waals surface area contributed by atoms with Crippen LogP contribution in [0.4, 0.5) is 4.79 Å². The molecule has 0 spiro atoms. The van der Waals surface area contributed by atoms with Gasteiger partial charge in [0.1, 0.15) is 6.54 Å². The average Bonchev–Trinajstić information content (AvgIpc) is 2.70. The number of amides is 3. The van der Waals surface area contributed by atoms with E-state index in [1.165, 1.54) is 4.90 Å². The highest BCUT2D eigenvalue weighted by Crippen LogP contribution is 2.04. The Balaban J connectivity index is 1.81. The van der Waals surface area contributed by atoms with E-state index >= 15 is 0 Å². The van der Waals surface area contributed by atoms with E-state index in [0.29, 0.717) is 26.3 Å². The van der Waals surface area contributed by atoms with E-state index < -0.39 is 0 Å². The molecule has 3 amide bonds. The molecule has 84 valence electrons. The summed E-state index contributed by atoms with van der Waals surface area (Å²) in [6, 6.07) is -0.0668. The Morgan fingerprint density at radius 1 is 1.60 bits per heavy atom. The van der Waals surface area contributed by atoms with Gasteiger partial charge in [-0.3, -0.25) is 4.79 Å².